The molecule has 1 fully saturated rings. The first-order valence-corrected chi connectivity index (χ1v) is 15.9. The van der Waals surface area contributed by atoms with Gasteiger partial charge in [0.2, 0.25) is 5.95 Å². The van der Waals surface area contributed by atoms with E-state index in [0.29, 0.717) is 37.3 Å². The van der Waals surface area contributed by atoms with Crippen molar-refractivity contribution in [2.75, 3.05) is 57.3 Å². The molecule has 42 heavy (non-hydrogen) atoms. The van der Waals surface area contributed by atoms with Gasteiger partial charge in [-0.25, -0.2) is 9.97 Å². The van der Waals surface area contributed by atoms with E-state index in [1.807, 2.05) is 18.2 Å². The molecule has 2 aromatic rings. The van der Waals surface area contributed by atoms with E-state index in [1.165, 1.54) is 37.8 Å². The Labute approximate surface area is 251 Å². The van der Waals surface area contributed by atoms with Gasteiger partial charge in [-0.05, 0) is 61.8 Å². The third-order valence-corrected chi connectivity index (χ3v) is 8.46. The number of nitrogens with zero attached hydrogens (tertiary/aromatic N) is 5. The van der Waals surface area contributed by atoms with Crippen LogP contribution in [0.4, 0.5) is 19.1 Å². The highest BCUT2D eigenvalue weighted by molar-refractivity contribution is 7.98. The third-order valence-electron chi connectivity index (χ3n) is 7.89. The van der Waals surface area contributed by atoms with Gasteiger partial charge >= 0.3 is 6.18 Å². The van der Waals surface area contributed by atoms with Crippen LogP contribution >= 0.6 is 11.8 Å². The molecular formula is C31H42F3N5O2S. The van der Waals surface area contributed by atoms with Crippen LogP contribution in [0.25, 0.3) is 0 Å². The van der Waals surface area contributed by atoms with E-state index in [4.69, 9.17) is 9.47 Å². The summed E-state index contributed by atoms with van der Waals surface area (Å²) in [5, 5.41) is 0. The van der Waals surface area contributed by atoms with Gasteiger partial charge in [0.05, 0.1) is 42.5 Å². The normalized spacial score (nSPS) is 17.7. The summed E-state index contributed by atoms with van der Waals surface area (Å²) >= 11 is 1.69. The molecule has 1 aromatic heterocycles. The first-order chi connectivity index (χ1) is 20.2. The summed E-state index contributed by atoms with van der Waals surface area (Å²) in [4.78, 5) is 15.8. The number of thioether (sulfide) groups is 1. The lowest BCUT2D eigenvalue weighted by atomic mass is 10.1. The van der Waals surface area contributed by atoms with Crippen molar-refractivity contribution in [3.63, 3.8) is 0 Å². The highest BCUT2D eigenvalue weighted by atomic mass is 32.2. The maximum atomic E-state index is 13.2. The Hall–Kier alpha value is -2.92. The quantitative estimate of drug-likeness (QED) is 0.228. The molecule has 0 amide bonds. The minimum atomic E-state index is -4.39. The second-order valence-corrected chi connectivity index (χ2v) is 11.7. The Kier molecular flexibility index (Phi) is 11.4. The molecule has 230 valence electrons. The average molecular weight is 606 g/mol. The first-order valence-electron chi connectivity index (χ1n) is 14.5. The van der Waals surface area contributed by atoms with Crippen molar-refractivity contribution in [1.29, 1.82) is 0 Å². The van der Waals surface area contributed by atoms with Gasteiger partial charge in [-0.3, -0.25) is 0 Å². The maximum Gasteiger partial charge on any atom is 0.416 e. The van der Waals surface area contributed by atoms with Gasteiger partial charge in [0.1, 0.15) is 6.23 Å². The number of likely N-dealkylation sites (N-methyl/N-ethyl adjacent to an activating group) is 2. The third kappa shape index (κ3) is 8.34. The molecule has 0 bridgehead atoms. The van der Waals surface area contributed by atoms with E-state index < -0.39 is 11.7 Å². The van der Waals surface area contributed by atoms with Crippen LogP contribution in [-0.2, 0) is 17.5 Å². The topological polar surface area (TPSA) is 54.0 Å². The van der Waals surface area contributed by atoms with Crippen molar-refractivity contribution in [3.05, 3.63) is 71.3 Å². The molecule has 1 aromatic carbocycles. The molecule has 4 rings (SSSR count). The molecule has 0 radical (unpaired) electrons. The van der Waals surface area contributed by atoms with Crippen LogP contribution in [0.5, 0.6) is 5.75 Å². The smallest absolute Gasteiger partial charge is 0.416 e. The fraction of sp³-hybridized carbons (Fsp3) is 0.548. The summed E-state index contributed by atoms with van der Waals surface area (Å²) in [6.07, 6.45) is 9.96. The van der Waals surface area contributed by atoms with Crippen LogP contribution in [0.15, 0.2) is 60.2 Å². The zero-order chi connectivity index (χ0) is 30.1. The minimum Gasteiger partial charge on any atom is -0.489 e. The number of methoxy groups -OCH3 is 1. The largest absolute Gasteiger partial charge is 0.489 e. The number of aromatic nitrogens is 2. The molecule has 1 unspecified atom stereocenters. The summed E-state index contributed by atoms with van der Waals surface area (Å²) in [6.45, 7) is 5.34. The van der Waals surface area contributed by atoms with Crippen LogP contribution in [0.1, 0.15) is 43.7 Å². The molecule has 11 heteroatoms. The number of hydrogen-bond donors (Lipinski definition) is 0. The number of allylic oxidation sites excluding steroid dienone is 1. The first kappa shape index (κ1) is 32.0. The van der Waals surface area contributed by atoms with Gasteiger partial charge in [-0.15, -0.1) is 0 Å². The molecular weight excluding hydrogens is 563 g/mol. The lowest BCUT2D eigenvalue weighted by molar-refractivity contribution is -0.137. The van der Waals surface area contributed by atoms with Crippen LogP contribution in [0, 0.1) is 5.92 Å². The maximum absolute atomic E-state index is 13.2. The summed E-state index contributed by atoms with van der Waals surface area (Å²) in [7, 11) is 3.69. The molecule has 1 saturated carbocycles. The summed E-state index contributed by atoms with van der Waals surface area (Å²) in [5.41, 5.74) is 2.22. The van der Waals surface area contributed by atoms with Gasteiger partial charge in [0.15, 0.2) is 5.75 Å². The highest BCUT2D eigenvalue weighted by Crippen LogP contribution is 2.32. The van der Waals surface area contributed by atoms with Crippen LogP contribution < -0.4 is 9.64 Å². The van der Waals surface area contributed by atoms with Crippen molar-refractivity contribution in [3.8, 4) is 5.75 Å². The standard InChI is InChI=1S/C31H42F3N5O2S/c1-5-38(20-23-8-6-7-9-23)27-14-15-29(40-3)37(2)28(27)22-39(21-24-10-12-25(13-11-24)31(32,33)34)30-35-18-26(19-36-30)41-16-17-42-4/h10-15,18-19,23,29H,5-9,16-17,20-22H2,1-4H3. The summed E-state index contributed by atoms with van der Waals surface area (Å²) in [6, 6.07) is 5.29. The van der Waals surface area contributed by atoms with E-state index in [2.05, 4.69) is 38.8 Å². The number of halogens is 3. The highest BCUT2D eigenvalue weighted by Gasteiger charge is 2.31. The van der Waals surface area contributed by atoms with Crippen molar-refractivity contribution in [1.82, 2.24) is 19.8 Å². The van der Waals surface area contributed by atoms with Gasteiger partial charge in [0, 0.05) is 39.5 Å². The summed E-state index contributed by atoms with van der Waals surface area (Å²) < 4.78 is 51.2. The number of alkyl halides is 3. The van der Waals surface area contributed by atoms with Crippen molar-refractivity contribution in [2.45, 2.75) is 51.6 Å². The second-order valence-electron chi connectivity index (χ2n) is 10.7. The Morgan fingerprint density at radius 1 is 1.05 bits per heavy atom. The van der Waals surface area contributed by atoms with Gasteiger partial charge < -0.3 is 24.2 Å². The Morgan fingerprint density at radius 2 is 1.74 bits per heavy atom. The number of hydrogen-bond acceptors (Lipinski definition) is 8. The zero-order valence-electron chi connectivity index (χ0n) is 24.9. The van der Waals surface area contributed by atoms with Crippen molar-refractivity contribution < 1.29 is 22.6 Å². The molecule has 2 aliphatic rings. The van der Waals surface area contributed by atoms with E-state index in [1.54, 1.807) is 31.3 Å². The zero-order valence-corrected chi connectivity index (χ0v) is 25.8. The number of rotatable bonds is 14. The molecule has 0 N–H and O–H groups in total. The predicted molar refractivity (Wildman–Crippen MR) is 162 cm³/mol. The van der Waals surface area contributed by atoms with E-state index >= 15 is 0 Å². The fourth-order valence-electron chi connectivity index (χ4n) is 5.54. The number of anilines is 1. The Morgan fingerprint density at radius 3 is 2.33 bits per heavy atom. The molecule has 2 heterocycles. The van der Waals surface area contributed by atoms with E-state index in [-0.39, 0.29) is 6.23 Å². The predicted octanol–water partition coefficient (Wildman–Crippen LogP) is 6.44. The molecule has 1 aliphatic heterocycles. The van der Waals surface area contributed by atoms with Gasteiger partial charge in [0.25, 0.3) is 0 Å². The molecule has 1 atom stereocenters. The van der Waals surface area contributed by atoms with E-state index in [9.17, 15) is 13.2 Å². The van der Waals surface area contributed by atoms with E-state index in [0.717, 1.165) is 47.9 Å². The minimum absolute atomic E-state index is 0.241. The lowest BCUT2D eigenvalue weighted by Gasteiger charge is -2.40. The number of ether oxygens (including phenoxy) is 2. The molecule has 7 nitrogen and oxygen atoms in total. The van der Waals surface area contributed by atoms with Crippen LogP contribution in [0.3, 0.4) is 0 Å². The Bertz CT molecular complexity index is 1180. The van der Waals surface area contributed by atoms with Gasteiger partial charge in [-0.1, -0.05) is 25.0 Å². The lowest BCUT2D eigenvalue weighted by Crippen LogP contribution is -2.43. The Balaban J connectivity index is 1.67. The van der Waals surface area contributed by atoms with Crippen LogP contribution in [0.2, 0.25) is 0 Å². The molecule has 1 aliphatic carbocycles. The molecule has 0 spiro atoms. The van der Waals surface area contributed by atoms with Crippen LogP contribution in [-0.4, -0.2) is 78.4 Å². The average Bonchev–Trinajstić information content (AvgIpc) is 3.50. The summed E-state index contributed by atoms with van der Waals surface area (Å²) in [5.74, 6) is 2.57. The number of benzene rings is 1. The fourth-order valence-corrected chi connectivity index (χ4v) is 5.79. The van der Waals surface area contributed by atoms with Gasteiger partial charge in [-0.2, -0.15) is 24.9 Å². The monoisotopic (exact) mass is 605 g/mol. The second kappa shape index (κ2) is 15.0. The SMILES string of the molecule is CCN(CC1CCCC1)C1=C(CN(Cc2ccc(C(F)(F)F)cc2)c2ncc(OCCSC)cn2)N(C)C(OC)C=C1. The molecule has 0 saturated heterocycles. The van der Waals surface area contributed by atoms with Crippen molar-refractivity contribution in [2.24, 2.45) is 5.92 Å². The van der Waals surface area contributed by atoms with Crippen molar-refractivity contribution >= 4 is 17.7 Å².